The number of carbonyl (C=O) groups is 3. The molecule has 3 amide bonds. The molecule has 3 aliphatic carbocycles. The maximum atomic E-state index is 14.1. The number of nitro benzene ring substituents is 1. The summed E-state index contributed by atoms with van der Waals surface area (Å²) >= 11 is 0. The van der Waals surface area contributed by atoms with Crippen molar-refractivity contribution in [2.24, 2.45) is 11.8 Å². The van der Waals surface area contributed by atoms with E-state index in [1.807, 2.05) is 31.2 Å². The molecule has 0 saturated carbocycles. The number of nitrogens with zero attached hydrogens (tertiary/aromatic N) is 2. The fourth-order valence-electron chi connectivity index (χ4n) is 6.67. The van der Waals surface area contributed by atoms with E-state index in [-0.39, 0.29) is 29.3 Å². The van der Waals surface area contributed by atoms with Gasteiger partial charge in [-0.05, 0) is 40.8 Å². The van der Waals surface area contributed by atoms with Gasteiger partial charge in [-0.25, -0.2) is 0 Å². The first-order valence-corrected chi connectivity index (χ1v) is 13.0. The third-order valence-electron chi connectivity index (χ3n) is 8.27. The monoisotopic (exact) mass is 509 g/mol. The fourth-order valence-corrected chi connectivity index (χ4v) is 6.67. The van der Waals surface area contributed by atoms with Gasteiger partial charge in [0.15, 0.2) is 0 Å². The smallest absolute Gasteiger partial charge is 0.269 e. The van der Waals surface area contributed by atoms with Gasteiger partial charge >= 0.3 is 0 Å². The maximum Gasteiger partial charge on any atom is 0.269 e. The second kappa shape index (κ2) is 9.20. The van der Waals surface area contributed by atoms with E-state index >= 15 is 0 Å². The van der Waals surface area contributed by atoms with Gasteiger partial charge in [0.05, 0.1) is 16.8 Å². The first kappa shape index (κ1) is 24.0. The Morgan fingerprint density at radius 1 is 0.868 bits per heavy atom. The lowest BCUT2D eigenvalue weighted by atomic mass is 9.55. The number of amides is 3. The van der Waals surface area contributed by atoms with Crippen molar-refractivity contribution in [3.8, 4) is 0 Å². The highest BCUT2D eigenvalue weighted by molar-refractivity contribution is 6.11. The Morgan fingerprint density at radius 3 is 1.76 bits per heavy atom. The van der Waals surface area contributed by atoms with Crippen molar-refractivity contribution in [1.82, 2.24) is 4.90 Å². The number of nitrogens with one attached hydrogen (secondary N) is 1. The summed E-state index contributed by atoms with van der Waals surface area (Å²) in [6.07, 6.45) is 1.81. The van der Waals surface area contributed by atoms with E-state index in [1.54, 1.807) is 0 Å². The standard InChI is InChI=1S/C30H27N3O5/c1-2-3-12-23(28(34)31-17-13-15-18(16-14-17)33(37)38)32-29(35)26-24-19-8-4-5-9-20(19)25(27(26)30(32)36)22-11-7-6-10-21(22)24/h4-11,13-16,23-27H,2-3,12H2,1H3,(H,31,34)/t23-,24?,25?,26+,27+/m1/s1. The van der Waals surface area contributed by atoms with Crippen LogP contribution in [0.15, 0.2) is 72.8 Å². The van der Waals surface area contributed by atoms with Crippen LogP contribution in [0.1, 0.15) is 60.3 Å². The number of unbranched alkanes of at least 4 members (excludes halogenated alkanes) is 1. The Hall–Kier alpha value is -4.33. The molecule has 1 fully saturated rings. The van der Waals surface area contributed by atoms with Gasteiger partial charge in [-0.1, -0.05) is 68.3 Å². The van der Waals surface area contributed by atoms with Gasteiger partial charge in [0, 0.05) is 29.7 Å². The van der Waals surface area contributed by atoms with Gasteiger partial charge in [-0.15, -0.1) is 0 Å². The Balaban J connectivity index is 1.36. The minimum Gasteiger partial charge on any atom is -0.324 e. The Labute approximate surface area is 219 Å². The SMILES string of the molecule is CCCC[C@H](C(=O)Nc1ccc([N+](=O)[O-])cc1)N1C(=O)[C@H]2C3c4ccccc4C(c4ccccc43)[C@@H]2C1=O. The minimum absolute atomic E-state index is 0.0888. The summed E-state index contributed by atoms with van der Waals surface area (Å²) in [5.74, 6) is -2.61. The van der Waals surface area contributed by atoms with Crippen molar-refractivity contribution >= 4 is 29.1 Å². The number of anilines is 1. The molecule has 1 aliphatic heterocycles. The van der Waals surface area contributed by atoms with Crippen LogP contribution >= 0.6 is 0 Å². The minimum atomic E-state index is -0.957. The first-order valence-electron chi connectivity index (χ1n) is 13.0. The van der Waals surface area contributed by atoms with E-state index in [1.165, 1.54) is 29.2 Å². The van der Waals surface area contributed by atoms with Crippen LogP contribution in [0.5, 0.6) is 0 Å². The van der Waals surface area contributed by atoms with Crippen LogP contribution in [0.25, 0.3) is 0 Å². The van der Waals surface area contributed by atoms with Crippen molar-refractivity contribution in [2.75, 3.05) is 5.32 Å². The zero-order valence-corrected chi connectivity index (χ0v) is 20.9. The molecule has 1 N–H and O–H groups in total. The van der Waals surface area contributed by atoms with Gasteiger partial charge in [0.1, 0.15) is 6.04 Å². The predicted molar refractivity (Wildman–Crippen MR) is 140 cm³/mol. The molecule has 0 radical (unpaired) electrons. The molecule has 2 bridgehead atoms. The Morgan fingerprint density at radius 2 is 1.34 bits per heavy atom. The zero-order valence-electron chi connectivity index (χ0n) is 20.9. The molecule has 7 rings (SSSR count). The molecule has 38 heavy (non-hydrogen) atoms. The molecule has 4 aliphatic rings. The molecule has 3 aromatic carbocycles. The Kier molecular flexibility index (Phi) is 5.82. The van der Waals surface area contributed by atoms with Crippen LogP contribution in [-0.2, 0) is 14.4 Å². The molecule has 0 spiro atoms. The Bertz CT molecular complexity index is 1350. The van der Waals surface area contributed by atoms with Crippen molar-refractivity contribution in [3.05, 3.63) is 105 Å². The van der Waals surface area contributed by atoms with Crippen LogP contribution in [0.4, 0.5) is 11.4 Å². The largest absolute Gasteiger partial charge is 0.324 e. The molecule has 3 atom stereocenters. The lowest BCUT2D eigenvalue weighted by Gasteiger charge is -2.45. The van der Waals surface area contributed by atoms with E-state index in [0.29, 0.717) is 18.5 Å². The third kappa shape index (κ3) is 3.55. The molecule has 1 saturated heterocycles. The van der Waals surface area contributed by atoms with Gasteiger partial charge in [-0.2, -0.15) is 0 Å². The van der Waals surface area contributed by atoms with Gasteiger partial charge in [0.2, 0.25) is 17.7 Å². The van der Waals surface area contributed by atoms with Crippen LogP contribution in [-0.4, -0.2) is 33.6 Å². The van der Waals surface area contributed by atoms with Crippen molar-refractivity contribution in [3.63, 3.8) is 0 Å². The number of hydrogen-bond donors (Lipinski definition) is 1. The fraction of sp³-hybridized carbons (Fsp3) is 0.300. The molecular formula is C30H27N3O5. The number of rotatable bonds is 7. The molecule has 0 unspecified atom stereocenters. The number of carbonyl (C=O) groups excluding carboxylic acids is 3. The summed E-state index contributed by atoms with van der Waals surface area (Å²) < 4.78 is 0. The highest BCUT2D eigenvalue weighted by Gasteiger charge is 2.62. The number of benzene rings is 3. The molecule has 8 heteroatoms. The summed E-state index contributed by atoms with van der Waals surface area (Å²) in [7, 11) is 0. The van der Waals surface area contributed by atoms with Crippen molar-refractivity contribution < 1.29 is 19.3 Å². The molecular weight excluding hydrogens is 482 g/mol. The van der Waals surface area contributed by atoms with Crippen LogP contribution in [0.3, 0.4) is 0 Å². The molecule has 1 heterocycles. The predicted octanol–water partition coefficient (Wildman–Crippen LogP) is 4.98. The topological polar surface area (TPSA) is 110 Å². The van der Waals surface area contributed by atoms with Crippen LogP contribution in [0.2, 0.25) is 0 Å². The lowest BCUT2D eigenvalue weighted by molar-refractivity contribution is -0.384. The van der Waals surface area contributed by atoms with Crippen LogP contribution in [0, 0.1) is 22.0 Å². The van der Waals surface area contributed by atoms with E-state index in [2.05, 4.69) is 29.6 Å². The number of hydrogen-bond acceptors (Lipinski definition) is 5. The second-order valence-electron chi connectivity index (χ2n) is 10.3. The van der Waals surface area contributed by atoms with Gasteiger partial charge in [-0.3, -0.25) is 29.4 Å². The van der Waals surface area contributed by atoms with E-state index < -0.39 is 28.7 Å². The normalized spacial score (nSPS) is 23.4. The molecule has 0 aromatic heterocycles. The summed E-state index contributed by atoms with van der Waals surface area (Å²) in [5, 5.41) is 13.8. The average Bonchev–Trinajstić information content (AvgIpc) is 3.19. The molecule has 3 aromatic rings. The van der Waals surface area contributed by atoms with Crippen molar-refractivity contribution in [2.45, 2.75) is 44.1 Å². The number of non-ortho nitro benzene ring substituents is 1. The summed E-state index contributed by atoms with van der Waals surface area (Å²) in [5.41, 5.74) is 4.62. The van der Waals surface area contributed by atoms with Gasteiger partial charge in [0.25, 0.3) is 5.69 Å². The number of imide groups is 1. The maximum absolute atomic E-state index is 14.1. The van der Waals surface area contributed by atoms with E-state index in [9.17, 15) is 24.5 Å². The summed E-state index contributed by atoms with van der Waals surface area (Å²) in [6.45, 7) is 1.99. The summed E-state index contributed by atoms with van der Waals surface area (Å²) in [4.78, 5) is 53.4. The second-order valence-corrected chi connectivity index (χ2v) is 10.3. The highest BCUT2D eigenvalue weighted by Crippen LogP contribution is 2.61. The zero-order chi connectivity index (χ0) is 26.6. The van der Waals surface area contributed by atoms with Crippen molar-refractivity contribution in [1.29, 1.82) is 0 Å². The molecule has 8 nitrogen and oxygen atoms in total. The highest BCUT2D eigenvalue weighted by atomic mass is 16.6. The summed E-state index contributed by atoms with van der Waals surface area (Å²) in [6, 6.07) is 20.6. The molecule has 192 valence electrons. The van der Waals surface area contributed by atoms with Gasteiger partial charge < -0.3 is 5.32 Å². The number of likely N-dealkylation sites (tertiary alicyclic amines) is 1. The average molecular weight is 510 g/mol. The van der Waals surface area contributed by atoms with E-state index in [4.69, 9.17) is 0 Å². The number of nitro groups is 1. The van der Waals surface area contributed by atoms with E-state index in [0.717, 1.165) is 28.7 Å². The third-order valence-corrected chi connectivity index (χ3v) is 8.27. The first-order chi connectivity index (χ1) is 18.4. The lowest BCUT2D eigenvalue weighted by Crippen LogP contribution is -2.48. The quantitative estimate of drug-likeness (QED) is 0.274. The van der Waals surface area contributed by atoms with Crippen LogP contribution < -0.4 is 5.32 Å².